The largest absolute Gasteiger partial charge is 0.491 e. The average Bonchev–Trinajstić information content (AvgIpc) is 2.37. The molecule has 2 rings (SSSR count). The molecular weight excluding hydrogens is 410 g/mol. The molecule has 7 heteroatoms. The summed E-state index contributed by atoms with van der Waals surface area (Å²) in [6.45, 7) is 0.659. The quantitative estimate of drug-likeness (QED) is 0.795. The van der Waals surface area contributed by atoms with Crippen molar-refractivity contribution in [1.82, 2.24) is 0 Å². The SMILES string of the molecule is NS(=O)(=O)c1cc(Br)c(OCC2CCCCC2)c(Br)c1. The number of benzene rings is 1. The molecule has 1 aromatic rings. The van der Waals surface area contributed by atoms with Crippen LogP contribution < -0.4 is 9.88 Å². The minimum Gasteiger partial charge on any atom is -0.491 e. The highest BCUT2D eigenvalue weighted by molar-refractivity contribution is 9.11. The van der Waals surface area contributed by atoms with E-state index in [0.29, 0.717) is 27.2 Å². The monoisotopic (exact) mass is 425 g/mol. The van der Waals surface area contributed by atoms with Crippen LogP contribution in [0.25, 0.3) is 0 Å². The number of hydrogen-bond donors (Lipinski definition) is 1. The second-order valence-corrected chi connectivity index (χ2v) is 8.35. The summed E-state index contributed by atoms with van der Waals surface area (Å²) in [6, 6.07) is 2.94. The van der Waals surface area contributed by atoms with E-state index in [2.05, 4.69) is 31.9 Å². The van der Waals surface area contributed by atoms with Crippen LogP contribution in [0.4, 0.5) is 0 Å². The summed E-state index contributed by atoms with van der Waals surface area (Å²) < 4.78 is 29.7. The van der Waals surface area contributed by atoms with Gasteiger partial charge in [-0.3, -0.25) is 0 Å². The normalized spacial score (nSPS) is 17.1. The van der Waals surface area contributed by atoms with E-state index < -0.39 is 10.0 Å². The van der Waals surface area contributed by atoms with Crippen LogP contribution in [0.5, 0.6) is 5.75 Å². The fourth-order valence-corrected chi connectivity index (χ4v) is 4.68. The predicted molar refractivity (Wildman–Crippen MR) is 85.3 cm³/mol. The summed E-state index contributed by atoms with van der Waals surface area (Å²) in [5.41, 5.74) is 0. The van der Waals surface area contributed by atoms with Crippen molar-refractivity contribution in [3.8, 4) is 5.75 Å². The first-order chi connectivity index (χ1) is 9.38. The lowest BCUT2D eigenvalue weighted by Crippen LogP contribution is -2.16. The highest BCUT2D eigenvalue weighted by atomic mass is 79.9. The number of sulfonamides is 1. The summed E-state index contributed by atoms with van der Waals surface area (Å²) in [5.74, 6) is 1.21. The second kappa shape index (κ2) is 6.77. The van der Waals surface area contributed by atoms with Gasteiger partial charge in [0.05, 0.1) is 20.4 Å². The van der Waals surface area contributed by atoms with Crippen LogP contribution >= 0.6 is 31.9 Å². The molecule has 0 aromatic heterocycles. The molecule has 20 heavy (non-hydrogen) atoms. The van der Waals surface area contributed by atoms with Gasteiger partial charge in [-0.1, -0.05) is 19.3 Å². The topological polar surface area (TPSA) is 69.4 Å². The van der Waals surface area contributed by atoms with E-state index in [1.807, 2.05) is 0 Å². The van der Waals surface area contributed by atoms with Gasteiger partial charge in [0.1, 0.15) is 5.75 Å². The van der Waals surface area contributed by atoms with Crippen LogP contribution in [-0.2, 0) is 10.0 Å². The van der Waals surface area contributed by atoms with Crippen LogP contribution in [-0.4, -0.2) is 15.0 Å². The van der Waals surface area contributed by atoms with Gasteiger partial charge in [0.25, 0.3) is 0 Å². The zero-order chi connectivity index (χ0) is 14.8. The molecule has 0 unspecified atom stereocenters. The highest BCUT2D eigenvalue weighted by Crippen LogP contribution is 2.36. The Kier molecular flexibility index (Phi) is 5.50. The zero-order valence-corrected chi connectivity index (χ0v) is 14.9. The van der Waals surface area contributed by atoms with Crippen LogP contribution in [0.1, 0.15) is 32.1 Å². The van der Waals surface area contributed by atoms with Crippen molar-refractivity contribution in [2.24, 2.45) is 11.1 Å². The molecule has 0 spiro atoms. The third-order valence-corrected chi connectivity index (χ3v) is 5.56. The lowest BCUT2D eigenvalue weighted by Gasteiger charge is -2.22. The van der Waals surface area contributed by atoms with Crippen molar-refractivity contribution >= 4 is 41.9 Å². The van der Waals surface area contributed by atoms with Gasteiger partial charge in [0.15, 0.2) is 0 Å². The first-order valence-corrected chi connectivity index (χ1v) is 9.66. The van der Waals surface area contributed by atoms with E-state index >= 15 is 0 Å². The first kappa shape index (κ1) is 16.3. The number of halogens is 2. The molecule has 4 nitrogen and oxygen atoms in total. The Morgan fingerprint density at radius 3 is 2.20 bits per heavy atom. The maximum absolute atomic E-state index is 11.3. The molecule has 112 valence electrons. The lowest BCUT2D eigenvalue weighted by atomic mass is 9.90. The fourth-order valence-electron chi connectivity index (χ4n) is 2.39. The van der Waals surface area contributed by atoms with Crippen LogP contribution in [0.15, 0.2) is 26.0 Å². The van der Waals surface area contributed by atoms with Crippen molar-refractivity contribution in [3.63, 3.8) is 0 Å². The van der Waals surface area contributed by atoms with Gasteiger partial charge >= 0.3 is 0 Å². The number of nitrogens with two attached hydrogens (primary N) is 1. The maximum atomic E-state index is 11.3. The first-order valence-electron chi connectivity index (χ1n) is 6.52. The summed E-state index contributed by atoms with van der Waals surface area (Å²) in [6.07, 6.45) is 6.24. The molecule has 1 aliphatic rings. The van der Waals surface area contributed by atoms with Gasteiger partial charge in [0, 0.05) is 0 Å². The van der Waals surface area contributed by atoms with Crippen molar-refractivity contribution in [3.05, 3.63) is 21.1 Å². The van der Waals surface area contributed by atoms with Crippen molar-refractivity contribution in [2.45, 2.75) is 37.0 Å². The summed E-state index contributed by atoms with van der Waals surface area (Å²) in [5, 5.41) is 5.13. The van der Waals surface area contributed by atoms with Gasteiger partial charge in [-0.25, -0.2) is 13.6 Å². The Balaban J connectivity index is 2.12. The number of primary sulfonamides is 1. The van der Waals surface area contributed by atoms with Gasteiger partial charge in [-0.05, 0) is 62.8 Å². The van der Waals surface area contributed by atoms with Gasteiger partial charge in [0.2, 0.25) is 10.0 Å². The Hall–Kier alpha value is -0.110. The van der Waals surface area contributed by atoms with Gasteiger partial charge in [-0.2, -0.15) is 0 Å². The smallest absolute Gasteiger partial charge is 0.238 e. The standard InChI is InChI=1S/C13H17Br2NO3S/c14-11-6-10(20(16,17)18)7-12(15)13(11)19-8-9-4-2-1-3-5-9/h6-7,9H,1-5,8H2,(H2,16,17,18). The van der Waals surface area contributed by atoms with E-state index in [0.717, 1.165) is 0 Å². The summed E-state index contributed by atoms with van der Waals surface area (Å²) in [7, 11) is -3.72. The Morgan fingerprint density at radius 2 is 1.70 bits per heavy atom. The predicted octanol–water partition coefficient (Wildman–Crippen LogP) is 3.82. The molecule has 1 aliphatic carbocycles. The Bertz CT molecular complexity index is 560. The molecule has 0 bridgehead atoms. The molecular formula is C13H17Br2NO3S. The second-order valence-electron chi connectivity index (χ2n) is 5.08. The Labute approximate surface area is 136 Å². The molecule has 0 heterocycles. The van der Waals surface area contributed by atoms with E-state index in [1.54, 1.807) is 0 Å². The van der Waals surface area contributed by atoms with Crippen molar-refractivity contribution < 1.29 is 13.2 Å². The minimum atomic E-state index is -3.72. The Morgan fingerprint density at radius 1 is 1.15 bits per heavy atom. The van der Waals surface area contributed by atoms with Crippen LogP contribution in [0.2, 0.25) is 0 Å². The molecule has 0 aliphatic heterocycles. The molecule has 0 saturated heterocycles. The lowest BCUT2D eigenvalue weighted by molar-refractivity contribution is 0.207. The van der Waals surface area contributed by atoms with Crippen molar-refractivity contribution in [1.29, 1.82) is 0 Å². The molecule has 1 aromatic carbocycles. The average molecular weight is 427 g/mol. The molecule has 0 amide bonds. The molecule has 2 N–H and O–H groups in total. The molecule has 0 radical (unpaired) electrons. The van der Waals surface area contributed by atoms with Crippen LogP contribution in [0, 0.1) is 5.92 Å². The van der Waals surface area contributed by atoms with Crippen LogP contribution in [0.3, 0.4) is 0 Å². The van der Waals surface area contributed by atoms with E-state index in [1.165, 1.54) is 44.2 Å². The highest BCUT2D eigenvalue weighted by Gasteiger charge is 2.18. The van der Waals surface area contributed by atoms with E-state index in [4.69, 9.17) is 9.88 Å². The summed E-state index contributed by atoms with van der Waals surface area (Å²) in [4.78, 5) is 0.0567. The zero-order valence-electron chi connectivity index (χ0n) is 10.9. The number of rotatable bonds is 4. The van der Waals surface area contributed by atoms with Gasteiger partial charge in [-0.15, -0.1) is 0 Å². The number of ether oxygens (including phenoxy) is 1. The molecule has 1 fully saturated rings. The molecule has 1 saturated carbocycles. The number of hydrogen-bond acceptors (Lipinski definition) is 3. The van der Waals surface area contributed by atoms with E-state index in [9.17, 15) is 8.42 Å². The fraction of sp³-hybridized carbons (Fsp3) is 0.538. The third-order valence-electron chi connectivity index (χ3n) is 3.49. The summed E-state index contributed by atoms with van der Waals surface area (Å²) >= 11 is 6.68. The van der Waals surface area contributed by atoms with E-state index in [-0.39, 0.29) is 4.90 Å². The minimum absolute atomic E-state index is 0.0567. The van der Waals surface area contributed by atoms with Crippen molar-refractivity contribution in [2.75, 3.05) is 6.61 Å². The van der Waals surface area contributed by atoms with Gasteiger partial charge < -0.3 is 4.74 Å². The molecule has 0 atom stereocenters. The third kappa shape index (κ3) is 4.19. The maximum Gasteiger partial charge on any atom is 0.238 e.